The number of rotatable bonds is 63. The highest BCUT2D eigenvalue weighted by Gasteiger charge is 2.19. The second-order valence-electron chi connectivity index (χ2n) is 23.0. The molecule has 6 heteroatoms. The molecule has 0 amide bonds. The third-order valence-electron chi connectivity index (χ3n) is 15.1. The molecule has 0 saturated heterocycles. The van der Waals surface area contributed by atoms with E-state index < -0.39 is 6.10 Å². The molecule has 0 aliphatic heterocycles. The molecule has 0 N–H and O–H groups in total. The van der Waals surface area contributed by atoms with Crippen LogP contribution >= 0.6 is 0 Å². The van der Waals surface area contributed by atoms with Crippen LogP contribution in [0.15, 0.2) is 97.2 Å². The Labute approximate surface area is 502 Å². The molecule has 0 aromatic rings. The van der Waals surface area contributed by atoms with Crippen LogP contribution in [0.4, 0.5) is 0 Å². The van der Waals surface area contributed by atoms with E-state index in [0.29, 0.717) is 19.3 Å². The van der Waals surface area contributed by atoms with Crippen molar-refractivity contribution in [1.82, 2.24) is 0 Å². The summed E-state index contributed by atoms with van der Waals surface area (Å²) in [5.41, 5.74) is 0. The van der Waals surface area contributed by atoms with Crippen LogP contribution in [0.5, 0.6) is 0 Å². The minimum atomic E-state index is -0.803. The lowest BCUT2D eigenvalue weighted by Gasteiger charge is -2.18. The Morgan fingerprint density at radius 2 is 0.506 bits per heavy atom. The topological polar surface area (TPSA) is 78.9 Å². The molecule has 0 radical (unpaired) electrons. The first-order valence-corrected chi connectivity index (χ1v) is 34.7. The van der Waals surface area contributed by atoms with Crippen LogP contribution in [0.25, 0.3) is 0 Å². The van der Waals surface area contributed by atoms with Crippen LogP contribution in [-0.4, -0.2) is 37.2 Å². The first-order chi connectivity index (χ1) is 40.0. The summed E-state index contributed by atoms with van der Waals surface area (Å²) in [6.45, 7) is 6.39. The Morgan fingerprint density at radius 3 is 0.827 bits per heavy atom. The summed E-state index contributed by atoms with van der Waals surface area (Å²) in [6.07, 6.45) is 93.2. The van der Waals surface area contributed by atoms with E-state index in [9.17, 15) is 14.4 Å². The summed E-state index contributed by atoms with van der Waals surface area (Å²) in [4.78, 5) is 38.3. The van der Waals surface area contributed by atoms with Gasteiger partial charge in [0, 0.05) is 19.3 Å². The highest BCUT2D eigenvalue weighted by Crippen LogP contribution is 2.18. The maximum Gasteiger partial charge on any atom is 0.306 e. The van der Waals surface area contributed by atoms with Gasteiger partial charge < -0.3 is 14.2 Å². The molecule has 466 valence electrons. The molecular formula is C75H130O6. The van der Waals surface area contributed by atoms with Crippen LogP contribution in [0, 0.1) is 0 Å². The first-order valence-electron chi connectivity index (χ1n) is 34.7. The van der Waals surface area contributed by atoms with Gasteiger partial charge in [-0.2, -0.15) is 0 Å². The fourth-order valence-corrected chi connectivity index (χ4v) is 9.98. The molecule has 6 nitrogen and oxygen atoms in total. The van der Waals surface area contributed by atoms with Gasteiger partial charge in [0.25, 0.3) is 0 Å². The van der Waals surface area contributed by atoms with Gasteiger partial charge in [-0.3, -0.25) is 14.4 Å². The Balaban J connectivity index is 4.17. The zero-order valence-corrected chi connectivity index (χ0v) is 53.5. The van der Waals surface area contributed by atoms with E-state index in [1.54, 1.807) is 0 Å². The number of carbonyl (C=O) groups excluding carboxylic acids is 3. The van der Waals surface area contributed by atoms with Crippen molar-refractivity contribution in [3.8, 4) is 0 Å². The number of ether oxygens (including phenoxy) is 3. The van der Waals surface area contributed by atoms with Crippen LogP contribution < -0.4 is 0 Å². The molecule has 0 fully saturated rings. The van der Waals surface area contributed by atoms with Crippen molar-refractivity contribution in [2.75, 3.05) is 13.2 Å². The fourth-order valence-electron chi connectivity index (χ4n) is 9.98. The fraction of sp³-hybridized carbons (Fsp3) is 0.747. The van der Waals surface area contributed by atoms with Crippen LogP contribution in [0.2, 0.25) is 0 Å². The lowest BCUT2D eigenvalue weighted by molar-refractivity contribution is -0.166. The lowest BCUT2D eigenvalue weighted by atomic mass is 10.0. The van der Waals surface area contributed by atoms with Crippen LogP contribution in [0.1, 0.15) is 342 Å². The first kappa shape index (κ1) is 77.3. The quantitative estimate of drug-likeness (QED) is 0.0261. The van der Waals surface area contributed by atoms with Crippen molar-refractivity contribution in [2.24, 2.45) is 0 Å². The second-order valence-corrected chi connectivity index (χ2v) is 23.0. The van der Waals surface area contributed by atoms with Crippen molar-refractivity contribution in [3.05, 3.63) is 97.2 Å². The monoisotopic (exact) mass is 1130 g/mol. The van der Waals surface area contributed by atoms with Gasteiger partial charge in [-0.25, -0.2) is 0 Å². The van der Waals surface area contributed by atoms with Gasteiger partial charge in [-0.05, 0) is 83.5 Å². The van der Waals surface area contributed by atoms with Gasteiger partial charge in [0.2, 0.25) is 0 Å². The van der Waals surface area contributed by atoms with E-state index in [2.05, 4.69) is 112 Å². The normalized spacial score (nSPS) is 12.7. The number of carbonyl (C=O) groups is 3. The molecule has 0 aromatic heterocycles. The Bertz CT molecular complexity index is 1580. The lowest BCUT2D eigenvalue weighted by Crippen LogP contribution is -2.30. The molecule has 0 bridgehead atoms. The predicted octanol–water partition coefficient (Wildman–Crippen LogP) is 24.0. The number of esters is 3. The van der Waals surface area contributed by atoms with Crippen LogP contribution in [0.3, 0.4) is 0 Å². The minimum Gasteiger partial charge on any atom is -0.462 e. The van der Waals surface area contributed by atoms with Crippen molar-refractivity contribution in [3.63, 3.8) is 0 Å². The molecule has 0 spiro atoms. The van der Waals surface area contributed by atoms with Gasteiger partial charge in [0.15, 0.2) is 6.10 Å². The summed E-state index contributed by atoms with van der Waals surface area (Å²) in [5.74, 6) is -0.961. The van der Waals surface area contributed by atoms with Gasteiger partial charge in [0.05, 0.1) is 0 Å². The highest BCUT2D eigenvalue weighted by molar-refractivity contribution is 5.71. The summed E-state index contributed by atoms with van der Waals surface area (Å²) >= 11 is 0. The van der Waals surface area contributed by atoms with Gasteiger partial charge in [0.1, 0.15) is 13.2 Å². The van der Waals surface area contributed by atoms with Crippen molar-refractivity contribution < 1.29 is 28.6 Å². The predicted molar refractivity (Wildman–Crippen MR) is 353 cm³/mol. The molecule has 0 rings (SSSR count). The maximum absolute atomic E-state index is 12.9. The van der Waals surface area contributed by atoms with E-state index in [1.165, 1.54) is 205 Å². The number of allylic oxidation sites excluding steroid dienone is 16. The summed E-state index contributed by atoms with van der Waals surface area (Å²) in [7, 11) is 0. The SMILES string of the molecule is CC/C=C\C/C=C\C/C=C\C/C=C\CCCCCCCCCCCCCCCCCCCCCCC(=O)OCC(COC(=O)CC/C=C\C/C=C\C/C=C\C/C=C\CC)OC(=O)CCCCCCCCCCCCCCCCCCC. The summed E-state index contributed by atoms with van der Waals surface area (Å²) in [5, 5.41) is 0. The average Bonchev–Trinajstić information content (AvgIpc) is 3.46. The Kier molecular flexibility index (Phi) is 65.7. The number of hydrogen-bond donors (Lipinski definition) is 0. The zero-order chi connectivity index (χ0) is 58.5. The third-order valence-corrected chi connectivity index (χ3v) is 15.1. The molecule has 0 saturated carbocycles. The van der Waals surface area contributed by atoms with Gasteiger partial charge in [-0.15, -0.1) is 0 Å². The van der Waals surface area contributed by atoms with E-state index in [-0.39, 0.29) is 37.5 Å². The third kappa shape index (κ3) is 67.0. The molecule has 0 aromatic carbocycles. The van der Waals surface area contributed by atoms with Gasteiger partial charge >= 0.3 is 17.9 Å². The maximum atomic E-state index is 12.9. The standard InChI is InChI=1S/C75H130O6/c1-4-7-10-13-16-19-22-25-27-29-30-31-32-33-34-35-36-37-38-39-40-41-42-43-44-46-47-50-53-56-59-62-65-68-74(77)80-71-72(70-79-73(76)67-64-61-58-55-52-49-24-21-18-15-12-9-6-3)81-75(78)69-66-63-60-57-54-51-48-45-28-26-23-20-17-14-11-8-5-2/h7,9-10,12,16,18-19,21,25,27,30-31,49,52,58,61,72H,4-6,8,11,13-15,17,20,22-24,26,28-29,32-48,50-51,53-57,59-60,62-71H2,1-3H3/b10-7-,12-9-,19-16-,21-18-,27-25-,31-30-,52-49-,61-58-. The Morgan fingerprint density at radius 1 is 0.259 bits per heavy atom. The summed E-state index contributed by atoms with van der Waals surface area (Å²) < 4.78 is 16.9. The average molecular weight is 1130 g/mol. The van der Waals surface area contributed by atoms with E-state index >= 15 is 0 Å². The Hall–Kier alpha value is -3.67. The van der Waals surface area contributed by atoms with Crippen molar-refractivity contribution >= 4 is 17.9 Å². The number of hydrogen-bond acceptors (Lipinski definition) is 6. The highest BCUT2D eigenvalue weighted by atomic mass is 16.6. The van der Waals surface area contributed by atoms with E-state index in [1.807, 2.05) is 6.08 Å². The number of unbranched alkanes of at least 4 members (excludes halogenated alkanes) is 36. The molecule has 81 heavy (non-hydrogen) atoms. The molecule has 0 aliphatic carbocycles. The zero-order valence-electron chi connectivity index (χ0n) is 53.5. The van der Waals surface area contributed by atoms with E-state index in [0.717, 1.165) is 89.9 Å². The minimum absolute atomic E-state index is 0.0942. The molecule has 1 unspecified atom stereocenters. The second kappa shape index (κ2) is 68.8. The molecule has 1 atom stereocenters. The van der Waals surface area contributed by atoms with Crippen molar-refractivity contribution in [2.45, 2.75) is 348 Å². The summed E-state index contributed by atoms with van der Waals surface area (Å²) in [6, 6.07) is 0. The van der Waals surface area contributed by atoms with Gasteiger partial charge in [-0.1, -0.05) is 336 Å². The van der Waals surface area contributed by atoms with Crippen LogP contribution in [-0.2, 0) is 28.6 Å². The smallest absolute Gasteiger partial charge is 0.306 e. The molecule has 0 aliphatic rings. The largest absolute Gasteiger partial charge is 0.462 e. The molecular weight excluding hydrogens is 997 g/mol. The van der Waals surface area contributed by atoms with Crippen molar-refractivity contribution in [1.29, 1.82) is 0 Å². The van der Waals surface area contributed by atoms with E-state index in [4.69, 9.17) is 14.2 Å². The molecule has 0 heterocycles.